The second-order valence-electron chi connectivity index (χ2n) is 7.86. The van der Waals surface area contributed by atoms with E-state index in [2.05, 4.69) is 10.6 Å². The number of unbranched alkanes of at least 4 members (excludes halogenated alkanes) is 2. The van der Waals surface area contributed by atoms with E-state index in [1.54, 1.807) is 35.6 Å². The van der Waals surface area contributed by atoms with Crippen LogP contribution in [0, 0.1) is 0 Å². The van der Waals surface area contributed by atoms with E-state index in [1.165, 1.54) is 9.13 Å². The molecule has 2 amide bonds. The fourth-order valence-electron chi connectivity index (χ4n) is 3.57. The van der Waals surface area contributed by atoms with Gasteiger partial charge in [0.1, 0.15) is 6.54 Å². The van der Waals surface area contributed by atoms with Gasteiger partial charge in [-0.2, -0.15) is 0 Å². The van der Waals surface area contributed by atoms with E-state index in [4.69, 9.17) is 0 Å². The van der Waals surface area contributed by atoms with Crippen LogP contribution in [0.3, 0.4) is 0 Å². The van der Waals surface area contributed by atoms with Gasteiger partial charge in [0.05, 0.1) is 17.4 Å². The van der Waals surface area contributed by atoms with Crippen molar-refractivity contribution in [2.75, 3.05) is 6.54 Å². The molecule has 0 spiro atoms. The number of amides is 2. The summed E-state index contributed by atoms with van der Waals surface area (Å²) in [6.45, 7) is 3.14. The number of para-hydroxylation sites is 1. The minimum Gasteiger partial charge on any atom is -0.355 e. The maximum atomic E-state index is 13.1. The van der Waals surface area contributed by atoms with Crippen molar-refractivity contribution in [2.24, 2.45) is 0 Å². The lowest BCUT2D eigenvalue weighted by atomic mass is 10.2. The normalized spacial score (nSPS) is 10.9. The number of nitrogens with one attached hydrogen (secondary N) is 2. The zero-order chi connectivity index (χ0) is 23.6. The summed E-state index contributed by atoms with van der Waals surface area (Å²) in [5, 5.41) is 8.05. The van der Waals surface area contributed by atoms with Crippen molar-refractivity contribution in [3.05, 3.63) is 67.5 Å². The van der Waals surface area contributed by atoms with Crippen molar-refractivity contribution in [1.82, 2.24) is 19.8 Å². The van der Waals surface area contributed by atoms with Gasteiger partial charge < -0.3 is 10.6 Å². The Balaban J connectivity index is 1.66. The van der Waals surface area contributed by atoms with Crippen LogP contribution in [0.25, 0.3) is 10.9 Å². The van der Waals surface area contributed by atoms with Crippen molar-refractivity contribution >= 4 is 34.1 Å². The van der Waals surface area contributed by atoms with E-state index in [0.29, 0.717) is 43.3 Å². The number of hydrogen-bond acceptors (Lipinski definition) is 5. The van der Waals surface area contributed by atoms with E-state index in [0.717, 1.165) is 17.7 Å². The first-order chi connectivity index (χ1) is 16.0. The Morgan fingerprint density at radius 1 is 0.939 bits per heavy atom. The molecule has 1 aromatic carbocycles. The van der Waals surface area contributed by atoms with Crippen molar-refractivity contribution in [1.29, 1.82) is 0 Å². The van der Waals surface area contributed by atoms with Crippen molar-refractivity contribution in [2.45, 2.75) is 58.7 Å². The molecule has 0 atom stereocenters. The molecule has 176 valence electrons. The third-order valence-corrected chi connectivity index (χ3v) is 6.24. The van der Waals surface area contributed by atoms with Gasteiger partial charge in [0.15, 0.2) is 0 Å². The zero-order valence-corrected chi connectivity index (χ0v) is 19.7. The molecule has 0 saturated heterocycles. The summed E-state index contributed by atoms with van der Waals surface area (Å²) >= 11 is 1.59. The first kappa shape index (κ1) is 24.4. The molecular weight excluding hydrogens is 440 g/mol. The van der Waals surface area contributed by atoms with Crippen LogP contribution in [0.1, 0.15) is 43.9 Å². The third-order valence-electron chi connectivity index (χ3n) is 5.36. The second kappa shape index (κ2) is 12.2. The van der Waals surface area contributed by atoms with E-state index >= 15 is 0 Å². The lowest BCUT2D eigenvalue weighted by Crippen LogP contribution is -2.42. The largest absolute Gasteiger partial charge is 0.355 e. The van der Waals surface area contributed by atoms with Crippen LogP contribution >= 0.6 is 11.3 Å². The van der Waals surface area contributed by atoms with E-state index < -0.39 is 5.69 Å². The molecule has 0 saturated carbocycles. The molecule has 0 aliphatic rings. The molecule has 0 aliphatic heterocycles. The summed E-state index contributed by atoms with van der Waals surface area (Å²) in [6.07, 6.45) is 3.19. The Morgan fingerprint density at radius 2 is 1.76 bits per heavy atom. The predicted octanol–water partition coefficient (Wildman–Crippen LogP) is 2.63. The molecular formula is C24H30N4O4S. The molecule has 8 nitrogen and oxygen atoms in total. The number of rotatable bonds is 12. The molecule has 3 rings (SSSR count). The number of thiophene rings is 1. The topological polar surface area (TPSA) is 102 Å². The lowest BCUT2D eigenvalue weighted by Gasteiger charge is -2.14. The Kier molecular flexibility index (Phi) is 9.00. The average Bonchev–Trinajstić information content (AvgIpc) is 3.34. The number of aromatic nitrogens is 2. The van der Waals surface area contributed by atoms with Gasteiger partial charge in [0, 0.05) is 24.4 Å². The number of benzene rings is 1. The van der Waals surface area contributed by atoms with Gasteiger partial charge in [-0.05, 0) is 42.8 Å². The van der Waals surface area contributed by atoms with Crippen LogP contribution in [0.4, 0.5) is 0 Å². The van der Waals surface area contributed by atoms with Gasteiger partial charge in [0.25, 0.3) is 5.56 Å². The smallest absolute Gasteiger partial charge is 0.331 e. The fraction of sp³-hybridized carbons (Fsp3) is 0.417. The molecule has 0 fully saturated rings. The predicted molar refractivity (Wildman–Crippen MR) is 130 cm³/mol. The molecule has 3 aromatic rings. The van der Waals surface area contributed by atoms with E-state index in [1.807, 2.05) is 24.4 Å². The maximum Gasteiger partial charge on any atom is 0.331 e. The summed E-state index contributed by atoms with van der Waals surface area (Å²) in [5.74, 6) is -0.321. The van der Waals surface area contributed by atoms with Gasteiger partial charge in [0.2, 0.25) is 11.8 Å². The number of fused-ring (bicyclic) bond motifs is 1. The number of nitrogens with zero attached hydrogens (tertiary/aromatic N) is 2. The minimum atomic E-state index is -0.508. The number of hydrogen-bond donors (Lipinski definition) is 2. The van der Waals surface area contributed by atoms with Gasteiger partial charge in [-0.25, -0.2) is 4.79 Å². The summed E-state index contributed by atoms with van der Waals surface area (Å²) in [6, 6.07) is 10.7. The Bertz CT molecular complexity index is 1200. The number of carbonyl (C=O) groups excluding carboxylic acids is 2. The highest BCUT2D eigenvalue weighted by Gasteiger charge is 2.15. The van der Waals surface area contributed by atoms with Crippen molar-refractivity contribution in [3.63, 3.8) is 0 Å². The second-order valence-corrected chi connectivity index (χ2v) is 8.89. The van der Waals surface area contributed by atoms with Crippen molar-refractivity contribution < 1.29 is 9.59 Å². The van der Waals surface area contributed by atoms with Gasteiger partial charge in [-0.15, -0.1) is 11.3 Å². The Morgan fingerprint density at radius 3 is 2.52 bits per heavy atom. The van der Waals surface area contributed by atoms with Crippen molar-refractivity contribution in [3.8, 4) is 0 Å². The summed E-state index contributed by atoms with van der Waals surface area (Å²) in [5.41, 5.74) is -0.436. The highest BCUT2D eigenvalue weighted by molar-refractivity contribution is 7.09. The Hall–Kier alpha value is -3.20. The lowest BCUT2D eigenvalue weighted by molar-refractivity contribution is -0.122. The van der Waals surface area contributed by atoms with E-state index in [-0.39, 0.29) is 30.5 Å². The summed E-state index contributed by atoms with van der Waals surface area (Å²) in [4.78, 5) is 51.5. The SMILES string of the molecule is CCCCNC(=O)Cn1c(=O)n(CCCCC(=O)NCc2cccs2)c(=O)c2ccccc21. The van der Waals surface area contributed by atoms with Crippen LogP contribution in [-0.4, -0.2) is 27.5 Å². The van der Waals surface area contributed by atoms with Crippen LogP contribution in [-0.2, 0) is 29.2 Å². The highest BCUT2D eigenvalue weighted by Crippen LogP contribution is 2.09. The third kappa shape index (κ3) is 6.64. The van der Waals surface area contributed by atoms with Gasteiger partial charge in [-0.3, -0.25) is 23.5 Å². The molecule has 0 unspecified atom stereocenters. The standard InChI is InChI=1S/C24H30N4O4S/c1-2-3-13-25-22(30)17-28-20-11-5-4-10-19(20)23(31)27(24(28)32)14-7-6-12-21(29)26-16-18-9-8-15-33-18/h4-5,8-11,15H,2-3,6-7,12-14,16-17H2,1H3,(H,25,30)(H,26,29). The zero-order valence-electron chi connectivity index (χ0n) is 18.8. The summed E-state index contributed by atoms with van der Waals surface area (Å²) < 4.78 is 2.52. The molecule has 2 aromatic heterocycles. The Labute approximate surface area is 196 Å². The van der Waals surface area contributed by atoms with Crippen LogP contribution in [0.5, 0.6) is 0 Å². The molecule has 2 N–H and O–H groups in total. The first-order valence-electron chi connectivity index (χ1n) is 11.3. The van der Waals surface area contributed by atoms with E-state index in [9.17, 15) is 19.2 Å². The fourth-order valence-corrected chi connectivity index (χ4v) is 4.21. The van der Waals surface area contributed by atoms with Crippen LogP contribution in [0.2, 0.25) is 0 Å². The molecule has 0 radical (unpaired) electrons. The molecule has 9 heteroatoms. The van der Waals surface area contributed by atoms with Crippen LogP contribution in [0.15, 0.2) is 51.4 Å². The minimum absolute atomic E-state index is 0.0598. The maximum absolute atomic E-state index is 13.1. The van der Waals surface area contributed by atoms with Gasteiger partial charge in [-0.1, -0.05) is 31.5 Å². The molecule has 0 bridgehead atoms. The number of carbonyl (C=O) groups is 2. The summed E-state index contributed by atoms with van der Waals surface area (Å²) in [7, 11) is 0. The quantitative estimate of drug-likeness (QED) is 0.397. The molecule has 2 heterocycles. The van der Waals surface area contributed by atoms with Crippen LogP contribution < -0.4 is 21.9 Å². The van der Waals surface area contributed by atoms with Gasteiger partial charge >= 0.3 is 5.69 Å². The average molecular weight is 471 g/mol. The first-order valence-corrected chi connectivity index (χ1v) is 12.2. The monoisotopic (exact) mass is 470 g/mol. The molecule has 33 heavy (non-hydrogen) atoms. The molecule has 0 aliphatic carbocycles. The highest BCUT2D eigenvalue weighted by atomic mass is 32.1.